The van der Waals surface area contributed by atoms with Crippen LogP contribution in [0, 0.1) is 11.3 Å². The average Bonchev–Trinajstić information content (AvgIpc) is 2.25. The third kappa shape index (κ3) is 6.92. The molecule has 1 amide bonds. The lowest BCUT2D eigenvalue weighted by Gasteiger charge is -2.16. The molecule has 0 spiro atoms. The fraction of sp³-hybridized carbons (Fsp3) is 0.818. The zero-order valence-corrected chi connectivity index (χ0v) is 9.84. The molecule has 0 radical (unpaired) electrons. The Morgan fingerprint density at radius 1 is 1.47 bits per heavy atom. The SMILES string of the molecule is CCCNC(=O)CC(C#N)NC(C)CC. The second-order valence-electron chi connectivity index (χ2n) is 3.71. The van der Waals surface area contributed by atoms with Gasteiger partial charge in [-0.25, -0.2) is 0 Å². The molecule has 2 unspecified atom stereocenters. The summed E-state index contributed by atoms with van der Waals surface area (Å²) in [5.74, 6) is -0.0563. The number of rotatable bonds is 7. The van der Waals surface area contributed by atoms with E-state index < -0.39 is 0 Å². The van der Waals surface area contributed by atoms with E-state index in [4.69, 9.17) is 5.26 Å². The van der Waals surface area contributed by atoms with E-state index in [-0.39, 0.29) is 24.4 Å². The minimum Gasteiger partial charge on any atom is -0.356 e. The average molecular weight is 211 g/mol. The predicted molar refractivity (Wildman–Crippen MR) is 60.2 cm³/mol. The molecule has 4 heteroatoms. The molecule has 0 fully saturated rings. The molecule has 0 saturated carbocycles. The molecule has 0 aromatic rings. The summed E-state index contributed by atoms with van der Waals surface area (Å²) in [7, 11) is 0. The molecule has 0 heterocycles. The van der Waals surface area contributed by atoms with Crippen LogP contribution in [0.2, 0.25) is 0 Å². The van der Waals surface area contributed by atoms with Crippen molar-refractivity contribution in [2.75, 3.05) is 6.54 Å². The minimum absolute atomic E-state index is 0.0563. The number of carbonyl (C=O) groups is 1. The highest BCUT2D eigenvalue weighted by atomic mass is 16.1. The van der Waals surface area contributed by atoms with Crippen LogP contribution >= 0.6 is 0 Å². The van der Waals surface area contributed by atoms with Crippen molar-refractivity contribution < 1.29 is 4.79 Å². The smallest absolute Gasteiger partial charge is 0.222 e. The Labute approximate surface area is 92.0 Å². The maximum absolute atomic E-state index is 11.3. The summed E-state index contributed by atoms with van der Waals surface area (Å²) < 4.78 is 0. The first-order valence-electron chi connectivity index (χ1n) is 5.56. The van der Waals surface area contributed by atoms with Crippen LogP contribution in [0.15, 0.2) is 0 Å². The number of nitriles is 1. The molecule has 0 aliphatic heterocycles. The number of hydrogen-bond donors (Lipinski definition) is 2. The Morgan fingerprint density at radius 2 is 2.13 bits per heavy atom. The third-order valence-electron chi connectivity index (χ3n) is 2.22. The van der Waals surface area contributed by atoms with Gasteiger partial charge in [0.15, 0.2) is 0 Å². The monoisotopic (exact) mass is 211 g/mol. The molecule has 4 nitrogen and oxygen atoms in total. The van der Waals surface area contributed by atoms with Gasteiger partial charge < -0.3 is 5.32 Å². The Morgan fingerprint density at radius 3 is 2.60 bits per heavy atom. The molecule has 0 aromatic carbocycles. The molecule has 0 aromatic heterocycles. The number of nitrogens with zero attached hydrogens (tertiary/aromatic N) is 1. The molecule has 0 rings (SSSR count). The van der Waals surface area contributed by atoms with Gasteiger partial charge in [-0.1, -0.05) is 13.8 Å². The highest BCUT2D eigenvalue weighted by Gasteiger charge is 2.14. The zero-order valence-electron chi connectivity index (χ0n) is 9.84. The van der Waals surface area contributed by atoms with Gasteiger partial charge in [-0.2, -0.15) is 5.26 Å². The lowest BCUT2D eigenvalue weighted by atomic mass is 10.1. The van der Waals surface area contributed by atoms with E-state index in [0.29, 0.717) is 6.54 Å². The van der Waals surface area contributed by atoms with Crippen molar-refractivity contribution in [1.29, 1.82) is 5.26 Å². The maximum Gasteiger partial charge on any atom is 0.222 e. The van der Waals surface area contributed by atoms with Crippen molar-refractivity contribution in [2.24, 2.45) is 0 Å². The van der Waals surface area contributed by atoms with Crippen molar-refractivity contribution in [3.05, 3.63) is 0 Å². The summed E-state index contributed by atoms with van der Waals surface area (Å²) >= 11 is 0. The summed E-state index contributed by atoms with van der Waals surface area (Å²) in [5.41, 5.74) is 0. The number of hydrogen-bond acceptors (Lipinski definition) is 3. The summed E-state index contributed by atoms with van der Waals surface area (Å²) in [6.07, 6.45) is 2.11. The summed E-state index contributed by atoms with van der Waals surface area (Å²) in [6.45, 7) is 6.73. The normalized spacial score (nSPS) is 14.0. The van der Waals surface area contributed by atoms with Crippen LogP contribution in [0.3, 0.4) is 0 Å². The Kier molecular flexibility index (Phi) is 7.65. The minimum atomic E-state index is -0.378. The van der Waals surface area contributed by atoms with Gasteiger partial charge in [0.05, 0.1) is 12.5 Å². The molecule has 86 valence electrons. The molecule has 2 atom stereocenters. The topological polar surface area (TPSA) is 64.9 Å². The lowest BCUT2D eigenvalue weighted by Crippen LogP contribution is -2.39. The quantitative estimate of drug-likeness (QED) is 0.664. The predicted octanol–water partition coefficient (Wildman–Crippen LogP) is 1.18. The van der Waals surface area contributed by atoms with Crippen molar-refractivity contribution >= 4 is 5.91 Å². The largest absolute Gasteiger partial charge is 0.356 e. The van der Waals surface area contributed by atoms with Gasteiger partial charge in [-0.3, -0.25) is 10.1 Å². The van der Waals surface area contributed by atoms with Crippen LogP contribution < -0.4 is 10.6 Å². The van der Waals surface area contributed by atoms with E-state index in [2.05, 4.69) is 16.7 Å². The fourth-order valence-corrected chi connectivity index (χ4v) is 1.13. The fourth-order valence-electron chi connectivity index (χ4n) is 1.13. The molecular weight excluding hydrogens is 190 g/mol. The molecule has 15 heavy (non-hydrogen) atoms. The van der Waals surface area contributed by atoms with Crippen LogP contribution in [0.5, 0.6) is 0 Å². The van der Waals surface area contributed by atoms with Crippen molar-refractivity contribution in [3.63, 3.8) is 0 Å². The summed E-state index contributed by atoms with van der Waals surface area (Å²) in [5, 5.41) is 14.7. The Hall–Kier alpha value is -1.08. The van der Waals surface area contributed by atoms with Gasteiger partial charge in [-0.05, 0) is 19.8 Å². The molecule has 0 saturated heterocycles. The first kappa shape index (κ1) is 13.9. The van der Waals surface area contributed by atoms with Gasteiger partial charge >= 0.3 is 0 Å². The van der Waals surface area contributed by atoms with Crippen LogP contribution in [0.25, 0.3) is 0 Å². The van der Waals surface area contributed by atoms with Crippen LogP contribution in [0.4, 0.5) is 0 Å². The molecule has 0 aliphatic carbocycles. The first-order chi connectivity index (χ1) is 7.13. The Bertz CT molecular complexity index is 222. The molecular formula is C11H21N3O. The standard InChI is InChI=1S/C11H21N3O/c1-4-6-13-11(15)7-10(8-12)14-9(3)5-2/h9-10,14H,4-7H2,1-3H3,(H,13,15). The van der Waals surface area contributed by atoms with E-state index in [0.717, 1.165) is 12.8 Å². The van der Waals surface area contributed by atoms with Gasteiger partial charge in [0.25, 0.3) is 0 Å². The van der Waals surface area contributed by atoms with Gasteiger partial charge in [0, 0.05) is 12.6 Å². The van der Waals surface area contributed by atoms with E-state index in [1.807, 2.05) is 20.8 Å². The second-order valence-corrected chi connectivity index (χ2v) is 3.71. The molecule has 0 bridgehead atoms. The Balaban J connectivity index is 3.89. The first-order valence-corrected chi connectivity index (χ1v) is 5.56. The van der Waals surface area contributed by atoms with Crippen LogP contribution in [-0.2, 0) is 4.79 Å². The molecule has 0 aliphatic rings. The van der Waals surface area contributed by atoms with E-state index in [9.17, 15) is 4.79 Å². The van der Waals surface area contributed by atoms with Gasteiger partial charge in [0.1, 0.15) is 6.04 Å². The van der Waals surface area contributed by atoms with Crippen LogP contribution in [-0.4, -0.2) is 24.5 Å². The van der Waals surface area contributed by atoms with Crippen molar-refractivity contribution in [1.82, 2.24) is 10.6 Å². The van der Waals surface area contributed by atoms with E-state index in [1.54, 1.807) is 0 Å². The molecule has 2 N–H and O–H groups in total. The number of carbonyl (C=O) groups excluding carboxylic acids is 1. The van der Waals surface area contributed by atoms with Gasteiger partial charge in [0.2, 0.25) is 5.91 Å². The third-order valence-corrected chi connectivity index (χ3v) is 2.22. The van der Waals surface area contributed by atoms with Gasteiger partial charge in [-0.15, -0.1) is 0 Å². The van der Waals surface area contributed by atoms with E-state index in [1.165, 1.54) is 0 Å². The highest BCUT2D eigenvalue weighted by Crippen LogP contribution is 1.96. The summed E-state index contributed by atoms with van der Waals surface area (Å²) in [4.78, 5) is 11.3. The van der Waals surface area contributed by atoms with Crippen molar-refractivity contribution in [2.45, 2.75) is 52.1 Å². The summed E-state index contributed by atoms with van der Waals surface area (Å²) in [6, 6.07) is 2.00. The highest BCUT2D eigenvalue weighted by molar-refractivity contribution is 5.76. The van der Waals surface area contributed by atoms with Crippen molar-refractivity contribution in [3.8, 4) is 6.07 Å². The lowest BCUT2D eigenvalue weighted by molar-refractivity contribution is -0.121. The van der Waals surface area contributed by atoms with Crippen LogP contribution in [0.1, 0.15) is 40.0 Å². The number of nitrogens with one attached hydrogen (secondary N) is 2. The second kappa shape index (κ2) is 8.25. The van der Waals surface area contributed by atoms with E-state index >= 15 is 0 Å². The number of amides is 1. The zero-order chi connectivity index (χ0) is 11.7. The maximum atomic E-state index is 11.3.